The lowest BCUT2D eigenvalue weighted by Gasteiger charge is -2.40. The predicted molar refractivity (Wildman–Crippen MR) is 104 cm³/mol. The van der Waals surface area contributed by atoms with Gasteiger partial charge in [-0.15, -0.1) is 0 Å². The van der Waals surface area contributed by atoms with Crippen LogP contribution >= 0.6 is 0 Å². The van der Waals surface area contributed by atoms with Crippen molar-refractivity contribution >= 4 is 0 Å². The van der Waals surface area contributed by atoms with Crippen molar-refractivity contribution in [3.8, 4) is 0 Å². The average Bonchev–Trinajstić information content (AvgIpc) is 2.97. The molecule has 138 valence electrons. The molecule has 0 N–H and O–H groups in total. The van der Waals surface area contributed by atoms with Gasteiger partial charge in [-0.2, -0.15) is 0 Å². The van der Waals surface area contributed by atoms with E-state index in [4.69, 9.17) is 0 Å². The number of rotatable bonds is 4. The Morgan fingerprint density at radius 1 is 0.565 bits per heavy atom. The number of piperidine rings is 1. The van der Waals surface area contributed by atoms with Crippen LogP contribution in [0.2, 0.25) is 0 Å². The standard InChI is InChI=1S/C11H23N.C10H21N/c1-9(2)11-7-5-6-8-12(11)10(3)4;1-8(2)10-6-5-7-11(10)9(3)4/h9-11H,5-8H2,1-4H3;8-10H,5-7H2,1-4H3. The molecule has 2 aliphatic heterocycles. The Balaban J connectivity index is 0.000000231. The molecule has 2 rings (SSSR count). The SMILES string of the molecule is CC(C)C1CCCCN1C(C)C.CC(C)C1CCCN1C(C)C. The molecule has 0 aromatic heterocycles. The smallest absolute Gasteiger partial charge is 0.0121 e. The van der Waals surface area contributed by atoms with Gasteiger partial charge in [0.05, 0.1) is 0 Å². The second-order valence-electron chi connectivity index (χ2n) is 8.92. The van der Waals surface area contributed by atoms with Crippen molar-refractivity contribution in [2.75, 3.05) is 13.1 Å². The second-order valence-corrected chi connectivity index (χ2v) is 8.92. The van der Waals surface area contributed by atoms with Crippen molar-refractivity contribution in [1.82, 2.24) is 9.80 Å². The minimum absolute atomic E-state index is 0.734. The molecule has 0 aromatic carbocycles. The summed E-state index contributed by atoms with van der Waals surface area (Å²) in [6.45, 7) is 21.3. The Kier molecular flexibility index (Phi) is 9.15. The van der Waals surface area contributed by atoms with Crippen LogP contribution in [0.15, 0.2) is 0 Å². The van der Waals surface area contributed by atoms with Crippen LogP contribution in [0.1, 0.15) is 87.5 Å². The zero-order valence-corrected chi connectivity index (χ0v) is 17.3. The number of nitrogens with zero attached hydrogens (tertiary/aromatic N) is 2. The maximum atomic E-state index is 2.67. The van der Waals surface area contributed by atoms with Gasteiger partial charge in [0.2, 0.25) is 0 Å². The highest BCUT2D eigenvalue weighted by molar-refractivity contribution is 4.83. The molecule has 2 heterocycles. The molecule has 0 bridgehead atoms. The van der Waals surface area contributed by atoms with Crippen LogP contribution < -0.4 is 0 Å². The molecular weight excluding hydrogens is 280 g/mol. The van der Waals surface area contributed by atoms with Gasteiger partial charge in [-0.25, -0.2) is 0 Å². The van der Waals surface area contributed by atoms with Crippen LogP contribution in [0.25, 0.3) is 0 Å². The lowest BCUT2D eigenvalue weighted by Crippen LogP contribution is -2.46. The highest BCUT2D eigenvalue weighted by atomic mass is 15.2. The predicted octanol–water partition coefficient (Wildman–Crippen LogP) is 5.42. The molecule has 0 saturated carbocycles. The fraction of sp³-hybridized carbons (Fsp3) is 1.00. The van der Waals surface area contributed by atoms with Gasteiger partial charge in [0.25, 0.3) is 0 Å². The molecule has 23 heavy (non-hydrogen) atoms. The monoisotopic (exact) mass is 324 g/mol. The van der Waals surface area contributed by atoms with Crippen molar-refractivity contribution in [3.05, 3.63) is 0 Å². The summed E-state index contributed by atoms with van der Waals surface area (Å²) in [6.07, 6.45) is 7.07. The van der Waals surface area contributed by atoms with E-state index in [0.29, 0.717) is 0 Å². The summed E-state index contributed by atoms with van der Waals surface area (Å²) in [5.41, 5.74) is 0. The highest BCUT2D eigenvalue weighted by Gasteiger charge is 2.28. The normalized spacial score (nSPS) is 27.1. The van der Waals surface area contributed by atoms with Crippen LogP contribution in [-0.4, -0.2) is 47.1 Å². The first-order chi connectivity index (χ1) is 10.8. The third-order valence-corrected chi connectivity index (χ3v) is 5.80. The summed E-state index contributed by atoms with van der Waals surface area (Å²) in [5.74, 6) is 1.66. The maximum Gasteiger partial charge on any atom is 0.0121 e. The van der Waals surface area contributed by atoms with Gasteiger partial charge in [0.15, 0.2) is 0 Å². The van der Waals surface area contributed by atoms with Crippen molar-refractivity contribution in [2.24, 2.45) is 11.8 Å². The third kappa shape index (κ3) is 6.38. The van der Waals surface area contributed by atoms with Gasteiger partial charge in [-0.05, 0) is 78.3 Å². The van der Waals surface area contributed by atoms with Gasteiger partial charge in [0.1, 0.15) is 0 Å². The van der Waals surface area contributed by atoms with Gasteiger partial charge < -0.3 is 0 Å². The van der Waals surface area contributed by atoms with E-state index in [1.807, 2.05) is 0 Å². The molecule has 2 nitrogen and oxygen atoms in total. The van der Waals surface area contributed by atoms with Crippen molar-refractivity contribution < 1.29 is 0 Å². The average molecular weight is 325 g/mol. The molecule has 2 heteroatoms. The third-order valence-electron chi connectivity index (χ3n) is 5.80. The molecular formula is C21H44N2. The van der Waals surface area contributed by atoms with Crippen LogP contribution in [0, 0.1) is 11.8 Å². The largest absolute Gasteiger partial charge is 0.298 e. The van der Waals surface area contributed by atoms with E-state index in [1.54, 1.807) is 0 Å². The van der Waals surface area contributed by atoms with Crippen LogP contribution in [0.5, 0.6) is 0 Å². The van der Waals surface area contributed by atoms with E-state index in [0.717, 1.165) is 36.0 Å². The minimum atomic E-state index is 0.734. The van der Waals surface area contributed by atoms with E-state index >= 15 is 0 Å². The molecule has 0 aliphatic carbocycles. The maximum absolute atomic E-state index is 2.67. The van der Waals surface area contributed by atoms with Gasteiger partial charge >= 0.3 is 0 Å². The number of hydrogen-bond acceptors (Lipinski definition) is 2. The Labute approximate surface area is 147 Å². The van der Waals surface area contributed by atoms with E-state index in [2.05, 4.69) is 65.2 Å². The molecule has 0 amide bonds. The first kappa shape index (κ1) is 21.0. The first-order valence-electron chi connectivity index (χ1n) is 10.3. The number of likely N-dealkylation sites (tertiary alicyclic amines) is 2. The molecule has 2 aliphatic rings. The summed E-state index contributed by atoms with van der Waals surface area (Å²) in [7, 11) is 0. The van der Waals surface area contributed by atoms with E-state index in [9.17, 15) is 0 Å². The minimum Gasteiger partial charge on any atom is -0.298 e. The van der Waals surface area contributed by atoms with Crippen molar-refractivity contribution in [1.29, 1.82) is 0 Å². The summed E-state index contributed by atoms with van der Waals surface area (Å²) < 4.78 is 0. The Hall–Kier alpha value is -0.0800. The van der Waals surface area contributed by atoms with Gasteiger partial charge in [0, 0.05) is 24.2 Å². The van der Waals surface area contributed by atoms with Crippen LogP contribution in [0.3, 0.4) is 0 Å². The lowest BCUT2D eigenvalue weighted by molar-refractivity contribution is 0.0808. The van der Waals surface area contributed by atoms with E-state index in [-0.39, 0.29) is 0 Å². The van der Waals surface area contributed by atoms with E-state index < -0.39 is 0 Å². The van der Waals surface area contributed by atoms with Crippen LogP contribution in [0.4, 0.5) is 0 Å². The number of hydrogen-bond donors (Lipinski definition) is 0. The molecule has 0 radical (unpaired) electrons. The molecule has 0 spiro atoms. The second kappa shape index (κ2) is 10.0. The highest BCUT2D eigenvalue weighted by Crippen LogP contribution is 2.25. The van der Waals surface area contributed by atoms with E-state index in [1.165, 1.54) is 45.2 Å². The molecule has 2 saturated heterocycles. The molecule has 2 atom stereocenters. The van der Waals surface area contributed by atoms with Crippen molar-refractivity contribution in [2.45, 2.75) is 112 Å². The summed E-state index contributed by atoms with van der Waals surface area (Å²) in [4.78, 5) is 5.32. The summed E-state index contributed by atoms with van der Waals surface area (Å²) in [6, 6.07) is 3.18. The lowest BCUT2D eigenvalue weighted by atomic mass is 9.92. The van der Waals surface area contributed by atoms with Crippen molar-refractivity contribution in [3.63, 3.8) is 0 Å². The van der Waals surface area contributed by atoms with Crippen LogP contribution in [-0.2, 0) is 0 Å². The summed E-state index contributed by atoms with van der Waals surface area (Å²) >= 11 is 0. The van der Waals surface area contributed by atoms with Gasteiger partial charge in [-0.3, -0.25) is 9.80 Å². The quantitative estimate of drug-likeness (QED) is 0.681. The molecule has 0 aromatic rings. The Morgan fingerprint density at radius 3 is 1.30 bits per heavy atom. The topological polar surface area (TPSA) is 6.48 Å². The Morgan fingerprint density at radius 2 is 0.957 bits per heavy atom. The fourth-order valence-corrected chi connectivity index (χ4v) is 4.51. The molecule has 2 unspecified atom stereocenters. The Bertz CT molecular complexity index is 279. The fourth-order valence-electron chi connectivity index (χ4n) is 4.51. The first-order valence-corrected chi connectivity index (χ1v) is 10.3. The zero-order valence-electron chi connectivity index (χ0n) is 17.3. The summed E-state index contributed by atoms with van der Waals surface area (Å²) in [5, 5.41) is 0. The molecule has 2 fully saturated rings. The van der Waals surface area contributed by atoms with Gasteiger partial charge in [-0.1, -0.05) is 34.1 Å². The zero-order chi connectivity index (χ0) is 17.6.